The Hall–Kier alpha value is -0.160. The molecule has 25 heavy (non-hydrogen) atoms. The summed E-state index contributed by atoms with van der Waals surface area (Å²) in [5, 5.41) is 0. The fraction of sp³-hybridized carbons (Fsp3) is 1.00. The van der Waals surface area contributed by atoms with Crippen LogP contribution in [0.15, 0.2) is 0 Å². The third-order valence-electron chi connectivity index (χ3n) is 7.76. The third-order valence-corrected chi connectivity index (χ3v) is 7.76. The van der Waals surface area contributed by atoms with Crippen LogP contribution >= 0.6 is 0 Å². The van der Waals surface area contributed by atoms with Crippen molar-refractivity contribution in [2.45, 2.75) is 77.5 Å². The summed E-state index contributed by atoms with van der Waals surface area (Å²) in [6.45, 7) is 20.0. The predicted molar refractivity (Wildman–Crippen MR) is 105 cm³/mol. The summed E-state index contributed by atoms with van der Waals surface area (Å²) >= 11 is 0. The zero-order valence-electron chi connectivity index (χ0n) is 17.1. The summed E-state index contributed by atoms with van der Waals surface area (Å²) in [6, 6.07) is 3.23. The molecule has 3 aliphatic heterocycles. The first-order valence-electron chi connectivity index (χ1n) is 10.9. The van der Waals surface area contributed by atoms with Crippen LogP contribution in [0, 0.1) is 5.41 Å². The van der Waals surface area contributed by atoms with E-state index in [1.165, 1.54) is 78.0 Å². The number of hydrogen-bond acceptors (Lipinski definition) is 4. The van der Waals surface area contributed by atoms with Gasteiger partial charge in [-0.25, -0.2) is 0 Å². The lowest BCUT2D eigenvalue weighted by atomic mass is 9.60. The van der Waals surface area contributed by atoms with Crippen molar-refractivity contribution in [3.8, 4) is 0 Å². The van der Waals surface area contributed by atoms with E-state index in [4.69, 9.17) is 0 Å². The molecule has 0 aromatic rings. The maximum Gasteiger partial charge on any atom is 0.0121 e. The summed E-state index contributed by atoms with van der Waals surface area (Å²) in [5.74, 6) is 0. The van der Waals surface area contributed by atoms with Gasteiger partial charge < -0.3 is 4.90 Å². The summed E-state index contributed by atoms with van der Waals surface area (Å²) in [6.07, 6.45) is 5.72. The second-order valence-corrected chi connectivity index (χ2v) is 9.99. The predicted octanol–water partition coefficient (Wildman–Crippen LogP) is 2.35. The second-order valence-electron chi connectivity index (χ2n) is 9.99. The molecule has 4 heteroatoms. The second kappa shape index (κ2) is 7.10. The normalized spacial score (nSPS) is 31.0. The van der Waals surface area contributed by atoms with Gasteiger partial charge in [-0.3, -0.25) is 14.7 Å². The lowest BCUT2D eigenvalue weighted by Gasteiger charge is -2.63. The van der Waals surface area contributed by atoms with E-state index in [9.17, 15) is 0 Å². The number of piperazine rings is 1. The van der Waals surface area contributed by atoms with Crippen LogP contribution in [-0.2, 0) is 0 Å². The van der Waals surface area contributed by atoms with Gasteiger partial charge in [-0.15, -0.1) is 0 Å². The molecule has 0 unspecified atom stereocenters. The van der Waals surface area contributed by atoms with Crippen molar-refractivity contribution in [1.82, 2.24) is 19.6 Å². The Morgan fingerprint density at radius 3 is 1.60 bits per heavy atom. The van der Waals surface area contributed by atoms with E-state index in [0.717, 1.165) is 29.6 Å². The Morgan fingerprint density at radius 2 is 1.12 bits per heavy atom. The highest BCUT2D eigenvalue weighted by molar-refractivity contribution is 5.08. The molecule has 1 saturated carbocycles. The largest absolute Gasteiger partial charge is 0.301 e. The standard InChI is InChI=1S/C21H40N4/c1-17(2)22-7-5-19(6-8-22)23-9-11-24(12-10-23)20-13-21(14-20)15-25(16-21)18(3)4/h17-20H,5-16H2,1-4H3. The molecule has 0 N–H and O–H groups in total. The Kier molecular flexibility index (Phi) is 5.18. The van der Waals surface area contributed by atoms with Crippen LogP contribution in [0.3, 0.4) is 0 Å². The van der Waals surface area contributed by atoms with Crippen LogP contribution < -0.4 is 0 Å². The Bertz CT molecular complexity index is 433. The molecule has 0 aromatic heterocycles. The van der Waals surface area contributed by atoms with Gasteiger partial charge in [0.1, 0.15) is 0 Å². The first-order valence-corrected chi connectivity index (χ1v) is 10.9. The van der Waals surface area contributed by atoms with Gasteiger partial charge in [0.2, 0.25) is 0 Å². The van der Waals surface area contributed by atoms with Crippen molar-refractivity contribution in [2.75, 3.05) is 52.4 Å². The van der Waals surface area contributed by atoms with E-state index in [0.29, 0.717) is 0 Å². The molecule has 0 aromatic carbocycles. The van der Waals surface area contributed by atoms with Gasteiger partial charge >= 0.3 is 0 Å². The molecule has 3 saturated heterocycles. The number of hydrogen-bond donors (Lipinski definition) is 0. The maximum absolute atomic E-state index is 2.82. The highest BCUT2D eigenvalue weighted by Gasteiger charge is 2.54. The van der Waals surface area contributed by atoms with Crippen molar-refractivity contribution in [3.63, 3.8) is 0 Å². The molecule has 3 heterocycles. The molecule has 1 aliphatic carbocycles. The summed E-state index contributed by atoms with van der Waals surface area (Å²) in [5.41, 5.74) is 0.718. The highest BCUT2D eigenvalue weighted by Crippen LogP contribution is 2.50. The van der Waals surface area contributed by atoms with Crippen LogP contribution in [0.25, 0.3) is 0 Å². The van der Waals surface area contributed by atoms with E-state index in [-0.39, 0.29) is 0 Å². The van der Waals surface area contributed by atoms with Crippen molar-refractivity contribution >= 4 is 0 Å². The molecule has 1 spiro atoms. The Labute approximate surface area is 155 Å². The minimum atomic E-state index is 0.718. The zero-order chi connectivity index (χ0) is 17.6. The van der Waals surface area contributed by atoms with Crippen molar-refractivity contribution in [2.24, 2.45) is 5.41 Å². The molecule has 0 radical (unpaired) electrons. The van der Waals surface area contributed by atoms with Crippen LogP contribution in [-0.4, -0.2) is 96.1 Å². The Morgan fingerprint density at radius 1 is 0.640 bits per heavy atom. The monoisotopic (exact) mass is 348 g/mol. The van der Waals surface area contributed by atoms with Crippen LogP contribution in [0.5, 0.6) is 0 Å². The molecule has 4 fully saturated rings. The minimum Gasteiger partial charge on any atom is -0.301 e. The summed E-state index contributed by atoms with van der Waals surface area (Å²) < 4.78 is 0. The SMILES string of the molecule is CC(C)N1CCC(N2CCN(C3CC4(C3)CN(C(C)C)C4)CC2)CC1. The molecule has 4 rings (SSSR count). The summed E-state index contributed by atoms with van der Waals surface area (Å²) in [4.78, 5) is 10.9. The molecule has 4 aliphatic rings. The van der Waals surface area contributed by atoms with Crippen LogP contribution in [0.2, 0.25) is 0 Å². The number of likely N-dealkylation sites (tertiary alicyclic amines) is 2. The molecule has 0 atom stereocenters. The van der Waals surface area contributed by atoms with Gasteiger partial charge in [0.15, 0.2) is 0 Å². The van der Waals surface area contributed by atoms with E-state index in [1.807, 2.05) is 0 Å². The summed E-state index contributed by atoms with van der Waals surface area (Å²) in [7, 11) is 0. The number of piperidine rings is 1. The highest BCUT2D eigenvalue weighted by atomic mass is 15.3. The van der Waals surface area contributed by atoms with E-state index in [1.54, 1.807) is 0 Å². The van der Waals surface area contributed by atoms with Gasteiger partial charge in [-0.1, -0.05) is 0 Å². The van der Waals surface area contributed by atoms with Gasteiger partial charge in [0.05, 0.1) is 0 Å². The zero-order valence-corrected chi connectivity index (χ0v) is 17.1. The molecule has 144 valence electrons. The van der Waals surface area contributed by atoms with Gasteiger partial charge in [-0.2, -0.15) is 0 Å². The van der Waals surface area contributed by atoms with E-state index >= 15 is 0 Å². The Balaban J connectivity index is 1.17. The molecule has 0 amide bonds. The minimum absolute atomic E-state index is 0.718. The van der Waals surface area contributed by atoms with Crippen molar-refractivity contribution in [3.05, 3.63) is 0 Å². The van der Waals surface area contributed by atoms with Crippen molar-refractivity contribution < 1.29 is 0 Å². The van der Waals surface area contributed by atoms with Crippen molar-refractivity contribution in [1.29, 1.82) is 0 Å². The fourth-order valence-corrected chi connectivity index (χ4v) is 5.87. The number of rotatable bonds is 4. The molecule has 4 nitrogen and oxygen atoms in total. The average Bonchev–Trinajstić information content (AvgIpc) is 2.52. The topological polar surface area (TPSA) is 13.0 Å². The van der Waals surface area contributed by atoms with Gasteiger partial charge in [-0.05, 0) is 71.9 Å². The van der Waals surface area contributed by atoms with Crippen LogP contribution in [0.1, 0.15) is 53.4 Å². The quantitative estimate of drug-likeness (QED) is 0.773. The smallest absolute Gasteiger partial charge is 0.0121 e. The maximum atomic E-state index is 2.82. The lowest BCUT2D eigenvalue weighted by molar-refractivity contribution is -0.126. The van der Waals surface area contributed by atoms with Gasteiger partial charge in [0.25, 0.3) is 0 Å². The van der Waals surface area contributed by atoms with Gasteiger partial charge in [0, 0.05) is 63.4 Å². The lowest BCUT2D eigenvalue weighted by Crippen LogP contribution is -2.69. The van der Waals surface area contributed by atoms with E-state index < -0.39 is 0 Å². The number of nitrogens with zero attached hydrogens (tertiary/aromatic N) is 4. The molecular formula is C21H40N4. The fourth-order valence-electron chi connectivity index (χ4n) is 5.87. The van der Waals surface area contributed by atoms with E-state index in [2.05, 4.69) is 47.3 Å². The average molecular weight is 349 g/mol. The molecular weight excluding hydrogens is 308 g/mol. The molecule has 0 bridgehead atoms. The first-order chi connectivity index (χ1) is 12.0. The first kappa shape index (κ1) is 18.2. The van der Waals surface area contributed by atoms with Crippen LogP contribution in [0.4, 0.5) is 0 Å². The third kappa shape index (κ3) is 3.65.